The van der Waals surface area contributed by atoms with Gasteiger partial charge in [0.05, 0.1) is 23.9 Å². The molecule has 1 aromatic carbocycles. The maximum atomic E-state index is 12.7. The Morgan fingerprint density at radius 1 is 1.28 bits per heavy atom. The molecule has 184 valence electrons. The van der Waals surface area contributed by atoms with Gasteiger partial charge in [-0.25, -0.2) is 14.7 Å². The molecule has 1 saturated carbocycles. The van der Waals surface area contributed by atoms with E-state index < -0.39 is 6.09 Å². The summed E-state index contributed by atoms with van der Waals surface area (Å²) >= 11 is 0. The van der Waals surface area contributed by atoms with Crippen LogP contribution in [0.25, 0.3) is 6.08 Å². The summed E-state index contributed by atoms with van der Waals surface area (Å²) in [5.74, 6) is 0.553. The number of rotatable bonds is 5. The number of ether oxygens (including phenoxy) is 2. The van der Waals surface area contributed by atoms with Crippen LogP contribution in [0.4, 0.5) is 22.2 Å². The number of fused-ring (bicyclic) bond motifs is 3. The Morgan fingerprint density at radius 2 is 2.19 bits per heavy atom. The van der Waals surface area contributed by atoms with Gasteiger partial charge in [-0.2, -0.15) is 10.2 Å². The lowest BCUT2D eigenvalue weighted by Gasteiger charge is -2.34. The first-order chi connectivity index (χ1) is 17.6. The summed E-state index contributed by atoms with van der Waals surface area (Å²) < 4.78 is 11.0. The van der Waals surface area contributed by atoms with Crippen LogP contribution >= 0.6 is 0 Å². The van der Waals surface area contributed by atoms with E-state index in [0.717, 1.165) is 43.7 Å². The highest BCUT2D eigenvalue weighted by Gasteiger charge is 2.47. The molecular formula is C25H25N7O4. The Bertz CT molecular complexity index is 1290. The molecule has 4 aliphatic rings. The normalized spacial score (nSPS) is 24.1. The number of hydrogen-bond acceptors (Lipinski definition) is 9. The van der Waals surface area contributed by atoms with Crippen LogP contribution in [0.5, 0.6) is 5.75 Å². The van der Waals surface area contributed by atoms with Crippen molar-refractivity contribution in [3.63, 3.8) is 0 Å². The van der Waals surface area contributed by atoms with E-state index in [-0.39, 0.29) is 42.5 Å². The highest BCUT2D eigenvalue weighted by molar-refractivity contribution is 5.95. The highest BCUT2D eigenvalue weighted by Crippen LogP contribution is 2.36. The summed E-state index contributed by atoms with van der Waals surface area (Å²) in [7, 11) is 0. The molecule has 1 aliphatic carbocycles. The average molecular weight is 488 g/mol. The number of hydrogen-bond donors (Lipinski definition) is 2. The molecular weight excluding hydrogens is 462 g/mol. The van der Waals surface area contributed by atoms with Gasteiger partial charge in [0.25, 0.3) is 5.91 Å². The van der Waals surface area contributed by atoms with Gasteiger partial charge in [0.2, 0.25) is 5.95 Å². The lowest BCUT2D eigenvalue weighted by molar-refractivity contribution is -0.118. The third kappa shape index (κ3) is 4.09. The van der Waals surface area contributed by atoms with Gasteiger partial charge in [0.1, 0.15) is 6.10 Å². The number of nitriles is 1. The first kappa shape index (κ1) is 22.3. The van der Waals surface area contributed by atoms with Crippen molar-refractivity contribution >= 4 is 35.5 Å². The van der Waals surface area contributed by atoms with E-state index in [9.17, 15) is 14.9 Å². The molecule has 2 fully saturated rings. The fourth-order valence-electron chi connectivity index (χ4n) is 5.31. The molecule has 0 unspecified atom stereocenters. The molecule has 2 aromatic rings. The molecule has 3 aliphatic heterocycles. The summed E-state index contributed by atoms with van der Waals surface area (Å²) in [4.78, 5) is 36.7. The molecule has 0 bridgehead atoms. The number of aromatic nitrogens is 2. The van der Waals surface area contributed by atoms with Crippen LogP contribution in [0.15, 0.2) is 30.5 Å². The van der Waals surface area contributed by atoms with Crippen molar-refractivity contribution in [3.8, 4) is 11.8 Å². The largest absolute Gasteiger partial charge is 0.478 e. The second-order valence-electron chi connectivity index (χ2n) is 9.28. The van der Waals surface area contributed by atoms with Crippen LogP contribution in [0.2, 0.25) is 0 Å². The monoisotopic (exact) mass is 487 g/mol. The fourth-order valence-corrected chi connectivity index (χ4v) is 5.31. The lowest BCUT2D eigenvalue weighted by Crippen LogP contribution is -2.47. The number of nitrogens with one attached hydrogen (secondary N) is 2. The van der Waals surface area contributed by atoms with E-state index >= 15 is 0 Å². The molecule has 2 amide bonds. The van der Waals surface area contributed by atoms with Crippen molar-refractivity contribution in [2.45, 2.75) is 37.5 Å². The molecule has 3 atom stereocenters. The van der Waals surface area contributed by atoms with Crippen LogP contribution < -0.4 is 25.2 Å². The lowest BCUT2D eigenvalue weighted by atomic mass is 9.88. The van der Waals surface area contributed by atoms with Gasteiger partial charge in [-0.05, 0) is 30.5 Å². The summed E-state index contributed by atoms with van der Waals surface area (Å²) in [5, 5.41) is 15.5. The second-order valence-corrected chi connectivity index (χ2v) is 9.28. The minimum Gasteiger partial charge on any atom is -0.478 e. The quantitative estimate of drug-likeness (QED) is 0.650. The summed E-state index contributed by atoms with van der Waals surface area (Å²) in [5.41, 5.74) is 2.86. The first-order valence-electron chi connectivity index (χ1n) is 12.1. The Balaban J connectivity index is 1.07. The van der Waals surface area contributed by atoms with Crippen molar-refractivity contribution in [2.24, 2.45) is 0 Å². The Kier molecular flexibility index (Phi) is 5.65. The second kappa shape index (κ2) is 9.13. The number of amides is 2. The highest BCUT2D eigenvalue weighted by atomic mass is 16.6. The van der Waals surface area contributed by atoms with E-state index in [0.29, 0.717) is 17.7 Å². The number of nitrogens with zero attached hydrogens (tertiary/aromatic N) is 5. The van der Waals surface area contributed by atoms with Gasteiger partial charge >= 0.3 is 6.09 Å². The number of carbonyl (C=O) groups is 2. The average Bonchev–Trinajstić information content (AvgIpc) is 3.23. The van der Waals surface area contributed by atoms with Gasteiger partial charge < -0.3 is 25.0 Å². The number of anilines is 3. The van der Waals surface area contributed by atoms with Gasteiger partial charge in [0, 0.05) is 37.8 Å². The smallest absolute Gasteiger partial charge is 0.417 e. The maximum Gasteiger partial charge on any atom is 0.417 e. The van der Waals surface area contributed by atoms with Crippen LogP contribution in [-0.2, 0) is 9.53 Å². The van der Waals surface area contributed by atoms with Crippen LogP contribution in [0.3, 0.4) is 0 Å². The number of benzene rings is 1. The molecule has 2 N–H and O–H groups in total. The van der Waals surface area contributed by atoms with Crippen molar-refractivity contribution in [1.29, 1.82) is 5.26 Å². The van der Waals surface area contributed by atoms with Crippen LogP contribution in [-0.4, -0.2) is 66.4 Å². The third-order valence-corrected chi connectivity index (χ3v) is 7.05. The zero-order valence-corrected chi connectivity index (χ0v) is 19.5. The SMILES string of the molecule is N#Cc1ccc2c(c1)N(CCN[C@@H]1CC[C@@H]3[C@@H](C1)OC(=O)N3c1ncc3c(n1)NC(=O)CO3)CC=C2. The van der Waals surface area contributed by atoms with Crippen LogP contribution in [0, 0.1) is 11.3 Å². The van der Waals surface area contributed by atoms with E-state index in [1.54, 1.807) is 0 Å². The van der Waals surface area contributed by atoms with Crippen molar-refractivity contribution in [1.82, 2.24) is 15.3 Å². The predicted molar refractivity (Wildman–Crippen MR) is 131 cm³/mol. The Morgan fingerprint density at radius 3 is 3.08 bits per heavy atom. The maximum absolute atomic E-state index is 12.7. The Hall–Kier alpha value is -4.17. The summed E-state index contributed by atoms with van der Waals surface area (Å²) in [6.07, 6.45) is 7.30. The van der Waals surface area contributed by atoms with E-state index in [2.05, 4.69) is 43.7 Å². The molecule has 36 heavy (non-hydrogen) atoms. The van der Waals surface area contributed by atoms with E-state index in [1.165, 1.54) is 11.1 Å². The van der Waals surface area contributed by atoms with Crippen molar-refractivity contribution < 1.29 is 19.1 Å². The summed E-state index contributed by atoms with van der Waals surface area (Å²) in [6, 6.07) is 8.05. The van der Waals surface area contributed by atoms with Gasteiger partial charge in [-0.3, -0.25) is 4.79 Å². The molecule has 11 heteroatoms. The third-order valence-electron chi connectivity index (χ3n) is 7.05. The fraction of sp³-hybridized carbons (Fsp3) is 0.400. The molecule has 11 nitrogen and oxygen atoms in total. The van der Waals surface area contributed by atoms with Crippen molar-refractivity contribution in [2.75, 3.05) is 41.4 Å². The van der Waals surface area contributed by atoms with E-state index in [4.69, 9.17) is 9.47 Å². The minimum atomic E-state index is -0.473. The Labute approximate surface area is 207 Å². The van der Waals surface area contributed by atoms with E-state index in [1.807, 2.05) is 18.2 Å². The van der Waals surface area contributed by atoms with Gasteiger partial charge in [0.15, 0.2) is 18.2 Å². The molecule has 1 saturated heterocycles. The molecule has 1 aromatic heterocycles. The molecule has 6 rings (SSSR count). The minimum absolute atomic E-state index is 0.0809. The number of carbonyl (C=O) groups excluding carboxylic acids is 2. The molecule has 4 heterocycles. The predicted octanol–water partition coefficient (Wildman–Crippen LogP) is 2.05. The zero-order valence-electron chi connectivity index (χ0n) is 19.5. The van der Waals surface area contributed by atoms with Gasteiger partial charge in [-0.15, -0.1) is 0 Å². The standard InChI is InChI=1S/C25H25N7O4/c26-12-15-3-4-16-2-1-8-31(19(16)10-15)9-7-27-17-5-6-18-20(11-17)36-25(34)32(18)24-28-13-21-23(30-24)29-22(33)14-35-21/h1-4,10,13,17-18,20,27H,5-9,11,14H2,(H,28,29,30,33)/t17-,18-,20-/m1/s1. The topological polar surface area (TPSA) is 133 Å². The summed E-state index contributed by atoms with van der Waals surface area (Å²) in [6.45, 7) is 2.30. The zero-order chi connectivity index (χ0) is 24.6. The van der Waals surface area contributed by atoms with Gasteiger partial charge in [-0.1, -0.05) is 18.2 Å². The first-order valence-corrected chi connectivity index (χ1v) is 12.1. The molecule has 0 spiro atoms. The van der Waals surface area contributed by atoms with Crippen molar-refractivity contribution in [3.05, 3.63) is 41.6 Å². The molecule has 0 radical (unpaired) electrons. The van der Waals surface area contributed by atoms with Crippen LogP contribution in [0.1, 0.15) is 30.4 Å².